The van der Waals surface area contributed by atoms with Crippen molar-refractivity contribution in [3.63, 3.8) is 0 Å². The van der Waals surface area contributed by atoms with Crippen molar-refractivity contribution in [3.05, 3.63) is 70.7 Å². The molecular formula is C18H20ClNO3. The predicted molar refractivity (Wildman–Crippen MR) is 90.1 cm³/mol. The number of hydrogen-bond donors (Lipinski definition) is 3. The largest absolute Gasteiger partial charge is 0.387 e. The summed E-state index contributed by atoms with van der Waals surface area (Å²) in [5.74, 6) is -0.343. The molecule has 3 N–H and O–H groups in total. The van der Waals surface area contributed by atoms with Crippen LogP contribution in [0.2, 0.25) is 5.02 Å². The van der Waals surface area contributed by atoms with Gasteiger partial charge in [0, 0.05) is 17.1 Å². The van der Waals surface area contributed by atoms with E-state index in [9.17, 15) is 15.0 Å². The highest BCUT2D eigenvalue weighted by Crippen LogP contribution is 2.25. The van der Waals surface area contributed by atoms with Gasteiger partial charge in [-0.15, -0.1) is 0 Å². The third-order valence-electron chi connectivity index (χ3n) is 3.66. The summed E-state index contributed by atoms with van der Waals surface area (Å²) in [4.78, 5) is 12.0. The van der Waals surface area contributed by atoms with Gasteiger partial charge in [0.25, 0.3) is 0 Å². The van der Waals surface area contributed by atoms with Gasteiger partial charge >= 0.3 is 0 Å². The SMILES string of the molecule is C[C@](O)(CC(=O)NC[C@H](O)c1ccccc1Cl)c1ccccc1. The van der Waals surface area contributed by atoms with Crippen LogP contribution in [0.15, 0.2) is 54.6 Å². The summed E-state index contributed by atoms with van der Waals surface area (Å²) in [6.45, 7) is 1.62. The number of halogens is 1. The van der Waals surface area contributed by atoms with E-state index < -0.39 is 11.7 Å². The summed E-state index contributed by atoms with van der Waals surface area (Å²) >= 11 is 6.01. The smallest absolute Gasteiger partial charge is 0.223 e. The Morgan fingerprint density at radius 2 is 1.78 bits per heavy atom. The highest BCUT2D eigenvalue weighted by Gasteiger charge is 2.26. The zero-order valence-corrected chi connectivity index (χ0v) is 13.6. The Bertz CT molecular complexity index is 658. The second-order valence-electron chi connectivity index (χ2n) is 5.66. The first-order chi connectivity index (χ1) is 10.9. The van der Waals surface area contributed by atoms with Gasteiger partial charge in [-0.05, 0) is 18.6 Å². The van der Waals surface area contributed by atoms with E-state index in [1.54, 1.807) is 43.3 Å². The number of amides is 1. The Morgan fingerprint density at radius 1 is 1.17 bits per heavy atom. The normalized spacial score (nSPS) is 14.8. The van der Waals surface area contributed by atoms with Crippen LogP contribution in [0.4, 0.5) is 0 Å². The lowest BCUT2D eigenvalue weighted by molar-refractivity contribution is -0.126. The van der Waals surface area contributed by atoms with Crippen LogP contribution in [-0.2, 0) is 10.4 Å². The molecule has 0 aliphatic rings. The zero-order chi connectivity index (χ0) is 16.9. The Hall–Kier alpha value is -1.88. The van der Waals surface area contributed by atoms with E-state index in [2.05, 4.69) is 5.32 Å². The molecular weight excluding hydrogens is 314 g/mol. The number of hydrogen-bond acceptors (Lipinski definition) is 3. The monoisotopic (exact) mass is 333 g/mol. The average molecular weight is 334 g/mol. The molecule has 4 nitrogen and oxygen atoms in total. The van der Waals surface area contributed by atoms with Crippen LogP contribution in [0.25, 0.3) is 0 Å². The fraction of sp³-hybridized carbons (Fsp3) is 0.278. The molecule has 5 heteroatoms. The van der Waals surface area contributed by atoms with Crippen LogP contribution >= 0.6 is 11.6 Å². The van der Waals surface area contributed by atoms with Crippen molar-refractivity contribution in [2.75, 3.05) is 6.54 Å². The molecule has 0 heterocycles. The summed E-state index contributed by atoms with van der Waals surface area (Å²) in [5.41, 5.74) is -0.0353. The van der Waals surface area contributed by atoms with Gasteiger partial charge in [0.15, 0.2) is 0 Å². The Kier molecular flexibility index (Phi) is 5.77. The second-order valence-corrected chi connectivity index (χ2v) is 6.07. The highest BCUT2D eigenvalue weighted by molar-refractivity contribution is 6.31. The molecule has 0 unspecified atom stereocenters. The molecule has 0 aliphatic heterocycles. The first-order valence-corrected chi connectivity index (χ1v) is 7.75. The van der Waals surface area contributed by atoms with Crippen molar-refractivity contribution in [3.8, 4) is 0 Å². The molecule has 0 spiro atoms. The molecule has 0 fully saturated rings. The summed E-state index contributed by atoms with van der Waals surface area (Å²) in [6, 6.07) is 15.9. The van der Waals surface area contributed by atoms with Gasteiger partial charge in [-0.25, -0.2) is 0 Å². The van der Waals surface area contributed by atoms with Crippen LogP contribution in [-0.4, -0.2) is 22.7 Å². The van der Waals surface area contributed by atoms with Crippen LogP contribution in [0.3, 0.4) is 0 Å². The maximum absolute atomic E-state index is 12.0. The maximum atomic E-state index is 12.0. The Labute approximate surface area is 140 Å². The fourth-order valence-electron chi connectivity index (χ4n) is 2.34. The third kappa shape index (κ3) is 4.79. The van der Waals surface area contributed by atoms with Gasteiger partial charge in [-0.2, -0.15) is 0 Å². The minimum atomic E-state index is -1.26. The zero-order valence-electron chi connectivity index (χ0n) is 12.9. The molecule has 0 bridgehead atoms. The highest BCUT2D eigenvalue weighted by atomic mass is 35.5. The van der Waals surface area contributed by atoms with Gasteiger partial charge in [-0.1, -0.05) is 60.1 Å². The lowest BCUT2D eigenvalue weighted by Gasteiger charge is -2.23. The number of carbonyl (C=O) groups is 1. The molecule has 2 aromatic rings. The molecule has 2 rings (SSSR count). The number of nitrogens with one attached hydrogen (secondary N) is 1. The first-order valence-electron chi connectivity index (χ1n) is 7.37. The quantitative estimate of drug-likeness (QED) is 0.761. The van der Waals surface area contributed by atoms with Crippen molar-refractivity contribution in [2.24, 2.45) is 0 Å². The van der Waals surface area contributed by atoms with E-state index in [-0.39, 0.29) is 18.9 Å². The Morgan fingerprint density at radius 3 is 2.43 bits per heavy atom. The molecule has 0 saturated carbocycles. The van der Waals surface area contributed by atoms with Crippen molar-refractivity contribution in [1.29, 1.82) is 0 Å². The maximum Gasteiger partial charge on any atom is 0.223 e. The van der Waals surface area contributed by atoms with Crippen molar-refractivity contribution >= 4 is 17.5 Å². The molecule has 1 amide bonds. The van der Waals surface area contributed by atoms with E-state index >= 15 is 0 Å². The number of rotatable bonds is 6. The van der Waals surface area contributed by atoms with Crippen molar-refractivity contribution in [1.82, 2.24) is 5.32 Å². The number of carbonyl (C=O) groups excluding carboxylic acids is 1. The molecule has 0 saturated heterocycles. The lowest BCUT2D eigenvalue weighted by atomic mass is 9.92. The van der Waals surface area contributed by atoms with E-state index in [0.29, 0.717) is 16.1 Å². The van der Waals surface area contributed by atoms with Crippen LogP contribution < -0.4 is 5.32 Å². The van der Waals surface area contributed by atoms with Gasteiger partial charge in [0.1, 0.15) is 0 Å². The van der Waals surface area contributed by atoms with Crippen LogP contribution in [0.5, 0.6) is 0 Å². The first kappa shape index (κ1) is 17.5. The Balaban J connectivity index is 1.91. The van der Waals surface area contributed by atoms with E-state index in [1.807, 2.05) is 18.2 Å². The summed E-state index contributed by atoms with van der Waals surface area (Å²) < 4.78 is 0. The lowest BCUT2D eigenvalue weighted by Crippen LogP contribution is -2.35. The van der Waals surface area contributed by atoms with Crippen molar-refractivity contribution in [2.45, 2.75) is 25.0 Å². The predicted octanol–water partition coefficient (Wildman–Crippen LogP) is 2.79. The molecule has 0 aliphatic carbocycles. The fourth-order valence-corrected chi connectivity index (χ4v) is 2.60. The molecule has 2 atom stereocenters. The third-order valence-corrected chi connectivity index (χ3v) is 4.00. The number of benzene rings is 2. The topological polar surface area (TPSA) is 69.6 Å². The number of aliphatic hydroxyl groups excluding tert-OH is 1. The average Bonchev–Trinajstić information content (AvgIpc) is 2.53. The van der Waals surface area contributed by atoms with E-state index in [1.165, 1.54) is 0 Å². The standard InChI is InChI=1S/C18H20ClNO3/c1-18(23,13-7-3-2-4-8-13)11-17(22)20-12-16(21)14-9-5-6-10-15(14)19/h2-10,16,21,23H,11-12H2,1H3,(H,20,22)/t16-,18-/m0/s1. The minimum absolute atomic E-state index is 0.0352. The van der Waals surface area contributed by atoms with Gasteiger partial charge in [0.2, 0.25) is 5.91 Å². The van der Waals surface area contributed by atoms with Gasteiger partial charge in [0.05, 0.1) is 18.1 Å². The summed E-state index contributed by atoms with van der Waals surface area (Å²) in [5, 5.41) is 23.6. The molecule has 2 aromatic carbocycles. The minimum Gasteiger partial charge on any atom is -0.387 e. The van der Waals surface area contributed by atoms with Gasteiger partial charge < -0.3 is 15.5 Å². The van der Waals surface area contributed by atoms with Gasteiger partial charge in [-0.3, -0.25) is 4.79 Å². The number of aliphatic hydroxyl groups is 2. The van der Waals surface area contributed by atoms with Crippen LogP contribution in [0, 0.1) is 0 Å². The van der Waals surface area contributed by atoms with E-state index in [4.69, 9.17) is 11.6 Å². The molecule has 122 valence electrons. The second kappa shape index (κ2) is 7.59. The van der Waals surface area contributed by atoms with Crippen LogP contribution in [0.1, 0.15) is 30.6 Å². The summed E-state index contributed by atoms with van der Waals surface area (Å²) in [6.07, 6.45) is -0.985. The molecule has 0 aromatic heterocycles. The van der Waals surface area contributed by atoms with Crippen molar-refractivity contribution < 1.29 is 15.0 Å². The van der Waals surface area contributed by atoms with E-state index in [0.717, 1.165) is 0 Å². The molecule has 0 radical (unpaired) electrons. The molecule has 23 heavy (non-hydrogen) atoms. The summed E-state index contributed by atoms with van der Waals surface area (Å²) in [7, 11) is 0.